The average molecular weight is 252 g/mol. The Labute approximate surface area is 105 Å². The summed E-state index contributed by atoms with van der Waals surface area (Å²) < 4.78 is 0. The summed E-state index contributed by atoms with van der Waals surface area (Å²) in [5.74, 6) is -0.300. The van der Waals surface area contributed by atoms with Crippen LogP contribution < -0.4 is 5.32 Å². The Morgan fingerprint density at radius 1 is 1.53 bits per heavy atom. The second kappa shape index (κ2) is 4.87. The van der Waals surface area contributed by atoms with Crippen LogP contribution in [0.15, 0.2) is 11.4 Å². The van der Waals surface area contributed by atoms with Crippen molar-refractivity contribution >= 4 is 23.3 Å². The molecule has 1 unspecified atom stereocenters. The monoisotopic (exact) mass is 252 g/mol. The van der Waals surface area contributed by atoms with Crippen molar-refractivity contribution in [3.63, 3.8) is 0 Å². The smallest absolute Gasteiger partial charge is 0.319 e. The van der Waals surface area contributed by atoms with E-state index in [1.54, 1.807) is 16.2 Å². The van der Waals surface area contributed by atoms with Crippen molar-refractivity contribution in [2.45, 2.75) is 26.8 Å². The summed E-state index contributed by atoms with van der Waals surface area (Å²) in [5, 5.41) is 4.43. The highest BCUT2D eigenvalue weighted by Gasteiger charge is 2.29. The standard InChI is InChI=1S/C12H16N2O2S/c1-3-9-4-5-17-10(9)7-14-6-8(2)11(15)13-12(14)16/h4-5,8H,3,6-7H2,1-2H3,(H,13,15,16). The second-order valence-corrected chi connectivity index (χ2v) is 5.30. The molecule has 0 aromatic carbocycles. The fourth-order valence-electron chi connectivity index (χ4n) is 1.93. The maximum atomic E-state index is 11.7. The number of imide groups is 1. The van der Waals surface area contributed by atoms with Gasteiger partial charge >= 0.3 is 6.03 Å². The largest absolute Gasteiger partial charge is 0.324 e. The summed E-state index contributed by atoms with van der Waals surface area (Å²) in [6.45, 7) is 5.05. The molecule has 2 rings (SSSR count). The molecule has 1 aliphatic rings. The van der Waals surface area contributed by atoms with Crippen molar-refractivity contribution in [2.24, 2.45) is 5.92 Å². The van der Waals surface area contributed by atoms with Gasteiger partial charge in [0.05, 0.1) is 12.5 Å². The van der Waals surface area contributed by atoms with Gasteiger partial charge in [-0.15, -0.1) is 11.3 Å². The SMILES string of the molecule is CCc1ccsc1CN1CC(C)C(=O)NC1=O. The van der Waals surface area contributed by atoms with E-state index in [0.29, 0.717) is 13.1 Å². The van der Waals surface area contributed by atoms with Crippen LogP contribution in [0.2, 0.25) is 0 Å². The molecule has 0 radical (unpaired) electrons. The van der Waals surface area contributed by atoms with Crippen LogP contribution in [0.25, 0.3) is 0 Å². The molecule has 1 aromatic heterocycles. The number of nitrogens with zero attached hydrogens (tertiary/aromatic N) is 1. The number of rotatable bonds is 3. The molecule has 0 aliphatic carbocycles. The molecule has 3 amide bonds. The molecule has 0 saturated carbocycles. The molecule has 2 heterocycles. The Kier molecular flexibility index (Phi) is 3.47. The van der Waals surface area contributed by atoms with Crippen LogP contribution in [0.1, 0.15) is 24.3 Å². The van der Waals surface area contributed by atoms with Crippen molar-refractivity contribution in [3.05, 3.63) is 21.9 Å². The molecule has 1 saturated heterocycles. The van der Waals surface area contributed by atoms with E-state index in [0.717, 1.165) is 6.42 Å². The van der Waals surface area contributed by atoms with Crippen LogP contribution in [-0.2, 0) is 17.8 Å². The van der Waals surface area contributed by atoms with Crippen LogP contribution in [0.3, 0.4) is 0 Å². The highest BCUT2D eigenvalue weighted by molar-refractivity contribution is 7.10. The van der Waals surface area contributed by atoms with Gasteiger partial charge in [-0.25, -0.2) is 4.79 Å². The predicted octanol–water partition coefficient (Wildman–Crippen LogP) is 2.00. The van der Waals surface area contributed by atoms with Crippen molar-refractivity contribution in [1.29, 1.82) is 0 Å². The molecule has 1 atom stereocenters. The van der Waals surface area contributed by atoms with Gasteiger partial charge in [-0.05, 0) is 23.4 Å². The first-order valence-corrected chi connectivity index (χ1v) is 6.64. The van der Waals surface area contributed by atoms with Gasteiger partial charge in [0, 0.05) is 11.4 Å². The average Bonchev–Trinajstić information content (AvgIpc) is 2.73. The molecular weight excluding hydrogens is 236 g/mol. The third-order valence-electron chi connectivity index (χ3n) is 3.01. The first-order chi connectivity index (χ1) is 8.11. The molecule has 5 heteroatoms. The number of nitrogens with one attached hydrogen (secondary N) is 1. The molecule has 1 fully saturated rings. The van der Waals surface area contributed by atoms with Gasteiger partial charge in [0.2, 0.25) is 5.91 Å². The zero-order valence-corrected chi connectivity index (χ0v) is 10.8. The number of amides is 3. The molecular formula is C12H16N2O2S. The Balaban J connectivity index is 2.08. The van der Waals surface area contributed by atoms with E-state index in [9.17, 15) is 9.59 Å². The van der Waals surface area contributed by atoms with E-state index in [-0.39, 0.29) is 17.9 Å². The number of urea groups is 1. The van der Waals surface area contributed by atoms with Gasteiger partial charge in [-0.1, -0.05) is 13.8 Å². The normalized spacial score (nSPS) is 20.6. The summed E-state index contributed by atoms with van der Waals surface area (Å²) >= 11 is 1.67. The fraction of sp³-hybridized carbons (Fsp3) is 0.500. The second-order valence-electron chi connectivity index (χ2n) is 4.30. The van der Waals surface area contributed by atoms with Crippen LogP contribution in [-0.4, -0.2) is 23.4 Å². The van der Waals surface area contributed by atoms with Gasteiger partial charge in [-0.2, -0.15) is 0 Å². The van der Waals surface area contributed by atoms with E-state index in [1.807, 2.05) is 12.3 Å². The first-order valence-electron chi connectivity index (χ1n) is 5.76. The van der Waals surface area contributed by atoms with Crippen molar-refractivity contribution in [2.75, 3.05) is 6.54 Å². The minimum atomic E-state index is -0.274. The molecule has 17 heavy (non-hydrogen) atoms. The highest BCUT2D eigenvalue weighted by atomic mass is 32.1. The molecule has 1 aliphatic heterocycles. The van der Waals surface area contributed by atoms with Gasteiger partial charge in [0.25, 0.3) is 0 Å². The van der Waals surface area contributed by atoms with E-state index < -0.39 is 0 Å². The Hall–Kier alpha value is -1.36. The summed E-state index contributed by atoms with van der Waals surface area (Å²) in [4.78, 5) is 25.9. The molecule has 92 valence electrons. The number of hydrogen-bond acceptors (Lipinski definition) is 3. The third kappa shape index (κ3) is 2.49. The lowest BCUT2D eigenvalue weighted by Gasteiger charge is -2.30. The third-order valence-corrected chi connectivity index (χ3v) is 3.96. The van der Waals surface area contributed by atoms with Crippen molar-refractivity contribution < 1.29 is 9.59 Å². The summed E-state index contributed by atoms with van der Waals surface area (Å²) in [5.41, 5.74) is 1.28. The summed E-state index contributed by atoms with van der Waals surface area (Å²) in [6.07, 6.45) is 0.975. The maximum absolute atomic E-state index is 11.7. The number of carbonyl (C=O) groups is 2. The fourth-order valence-corrected chi connectivity index (χ4v) is 2.93. The molecule has 0 spiro atoms. The zero-order valence-electron chi connectivity index (χ0n) is 10.0. The van der Waals surface area contributed by atoms with Gasteiger partial charge in [0.15, 0.2) is 0 Å². The summed E-state index contributed by atoms with van der Waals surface area (Å²) in [7, 11) is 0. The van der Waals surface area contributed by atoms with Crippen LogP contribution >= 0.6 is 11.3 Å². The zero-order chi connectivity index (χ0) is 12.4. The van der Waals surface area contributed by atoms with E-state index in [1.165, 1.54) is 10.4 Å². The predicted molar refractivity (Wildman–Crippen MR) is 66.8 cm³/mol. The number of thiophene rings is 1. The number of aryl methyl sites for hydroxylation is 1. The first kappa shape index (κ1) is 12.1. The Bertz CT molecular complexity index is 441. The number of hydrogen-bond donors (Lipinski definition) is 1. The highest BCUT2D eigenvalue weighted by Crippen LogP contribution is 2.21. The summed E-state index contributed by atoms with van der Waals surface area (Å²) in [6, 6.07) is 1.82. The maximum Gasteiger partial charge on any atom is 0.324 e. The topological polar surface area (TPSA) is 49.4 Å². The molecule has 1 N–H and O–H groups in total. The quantitative estimate of drug-likeness (QED) is 0.894. The van der Waals surface area contributed by atoms with E-state index >= 15 is 0 Å². The Morgan fingerprint density at radius 3 is 3.00 bits per heavy atom. The van der Waals surface area contributed by atoms with Gasteiger partial charge in [0.1, 0.15) is 0 Å². The molecule has 0 bridgehead atoms. The number of carbonyl (C=O) groups excluding carboxylic acids is 2. The lowest BCUT2D eigenvalue weighted by atomic mass is 10.1. The minimum absolute atomic E-state index is 0.127. The van der Waals surface area contributed by atoms with E-state index in [2.05, 4.69) is 18.3 Å². The van der Waals surface area contributed by atoms with E-state index in [4.69, 9.17) is 0 Å². The van der Waals surface area contributed by atoms with Gasteiger partial charge in [-0.3, -0.25) is 10.1 Å². The van der Waals surface area contributed by atoms with Crippen LogP contribution in [0.4, 0.5) is 4.79 Å². The lowest BCUT2D eigenvalue weighted by Crippen LogP contribution is -2.53. The van der Waals surface area contributed by atoms with Crippen molar-refractivity contribution in [3.8, 4) is 0 Å². The minimum Gasteiger partial charge on any atom is -0.319 e. The van der Waals surface area contributed by atoms with Gasteiger partial charge < -0.3 is 4.90 Å². The lowest BCUT2D eigenvalue weighted by molar-refractivity contribution is -0.125. The molecule has 4 nitrogen and oxygen atoms in total. The van der Waals surface area contributed by atoms with Crippen LogP contribution in [0.5, 0.6) is 0 Å². The van der Waals surface area contributed by atoms with Crippen LogP contribution in [0, 0.1) is 5.92 Å². The molecule has 1 aromatic rings. The van der Waals surface area contributed by atoms with Crippen molar-refractivity contribution in [1.82, 2.24) is 10.2 Å². The Morgan fingerprint density at radius 2 is 2.29 bits per heavy atom.